The Labute approximate surface area is 282 Å². The molecule has 0 spiro atoms. The largest absolute Gasteiger partial charge is 0.474 e. The molecule has 0 aromatic heterocycles. The van der Waals surface area contributed by atoms with Crippen molar-refractivity contribution < 1.29 is 93.7 Å². The van der Waals surface area contributed by atoms with Crippen molar-refractivity contribution in [3.05, 3.63) is 0 Å². The zero-order valence-electron chi connectivity index (χ0n) is 27.9. The highest BCUT2D eigenvalue weighted by molar-refractivity contribution is 7.47. The molecule has 8 atom stereocenters. The Morgan fingerprint density at radius 3 is 2.06 bits per heavy atom. The molecular weight excluding hydrogens is 714 g/mol. The second-order valence-corrected chi connectivity index (χ2v) is 11.8. The van der Waals surface area contributed by atoms with E-state index < -0.39 is 118 Å². The molecule has 0 aromatic carbocycles. The topological polar surface area (TPSA) is 267 Å². The van der Waals surface area contributed by atoms with Gasteiger partial charge in [0.2, 0.25) is 5.91 Å². The predicted molar refractivity (Wildman–Crippen MR) is 154 cm³/mol. The minimum Gasteiger partial charge on any atom is -0.462 e. The molecule has 0 aromatic rings. The fourth-order valence-electron chi connectivity index (χ4n) is 4.40. The van der Waals surface area contributed by atoms with Gasteiger partial charge in [0.05, 0.1) is 19.0 Å². The maximum atomic E-state index is 13.7. The molecule has 50 heavy (non-hydrogen) atoms. The third kappa shape index (κ3) is 14.2. The van der Waals surface area contributed by atoms with Gasteiger partial charge in [-0.3, -0.25) is 38.6 Å². The van der Waals surface area contributed by atoms with Crippen LogP contribution < -0.4 is 16.0 Å². The van der Waals surface area contributed by atoms with E-state index >= 15 is 0 Å². The zero-order valence-corrected chi connectivity index (χ0v) is 28.7. The van der Waals surface area contributed by atoms with E-state index in [0.717, 1.165) is 27.7 Å². The SMILES string of the molecule is CCNC(C)OC(=O)[C@]1(OP(=O)(O)OC)CC(OC(C)=O)[C@@H](NC(=O)CNC(=O)C(F)(F)F)[C@@H]([C@@H](OC(C)=O)[C@@H](COC(C)=O)OC(C)=O)O1. The van der Waals surface area contributed by atoms with E-state index in [1.807, 2.05) is 0 Å². The molecule has 0 bridgehead atoms. The second-order valence-electron chi connectivity index (χ2n) is 10.3. The first-order valence-corrected chi connectivity index (χ1v) is 16.0. The van der Waals surface area contributed by atoms with Crippen LogP contribution in [0, 0.1) is 0 Å². The molecule has 0 saturated carbocycles. The van der Waals surface area contributed by atoms with E-state index in [1.54, 1.807) is 6.92 Å². The number of halogens is 3. The van der Waals surface area contributed by atoms with Crippen molar-refractivity contribution in [1.82, 2.24) is 16.0 Å². The van der Waals surface area contributed by atoms with Gasteiger partial charge in [0, 0.05) is 34.8 Å². The third-order valence-electron chi connectivity index (χ3n) is 6.20. The highest BCUT2D eigenvalue weighted by atomic mass is 31.2. The number of carbonyl (C=O) groups is 7. The number of hydrogen-bond donors (Lipinski definition) is 4. The number of phosphoric ester groups is 1. The van der Waals surface area contributed by atoms with Crippen LogP contribution in [0.2, 0.25) is 0 Å². The fourth-order valence-corrected chi connectivity index (χ4v) is 5.04. The van der Waals surface area contributed by atoms with Gasteiger partial charge in [-0.05, 0) is 13.5 Å². The van der Waals surface area contributed by atoms with Crippen LogP contribution in [0.15, 0.2) is 0 Å². The summed E-state index contributed by atoms with van der Waals surface area (Å²) in [5.74, 6) is -13.0. The molecule has 4 N–H and O–H groups in total. The Balaban J connectivity index is 4.06. The van der Waals surface area contributed by atoms with Crippen molar-refractivity contribution in [2.75, 3.05) is 26.8 Å². The minimum atomic E-state index is -5.40. The predicted octanol–water partition coefficient (Wildman–Crippen LogP) is -0.745. The number of alkyl halides is 3. The van der Waals surface area contributed by atoms with Crippen LogP contribution in [0.5, 0.6) is 0 Å². The summed E-state index contributed by atoms with van der Waals surface area (Å²) in [5.41, 5.74) is 0. The molecule has 3 unspecified atom stereocenters. The molecule has 1 heterocycles. The van der Waals surface area contributed by atoms with Gasteiger partial charge >= 0.3 is 49.8 Å². The molecular formula is C26H39F3N3O17P. The van der Waals surface area contributed by atoms with Crippen molar-refractivity contribution in [3.8, 4) is 0 Å². The number of rotatable bonds is 17. The number of phosphoric acid groups is 1. The van der Waals surface area contributed by atoms with Crippen LogP contribution >= 0.6 is 7.82 Å². The lowest BCUT2D eigenvalue weighted by atomic mass is 9.88. The van der Waals surface area contributed by atoms with Crippen LogP contribution in [0.25, 0.3) is 0 Å². The maximum absolute atomic E-state index is 13.7. The quantitative estimate of drug-likeness (QED) is 0.0616. The number of nitrogens with one attached hydrogen (secondary N) is 3. The number of ether oxygens (including phenoxy) is 6. The Morgan fingerprint density at radius 1 is 0.980 bits per heavy atom. The molecule has 0 aliphatic carbocycles. The van der Waals surface area contributed by atoms with Crippen molar-refractivity contribution in [2.45, 2.75) is 96.6 Å². The number of esters is 5. The van der Waals surface area contributed by atoms with Crippen LogP contribution in [0.1, 0.15) is 48.0 Å². The molecule has 1 aliphatic rings. The van der Waals surface area contributed by atoms with Gasteiger partial charge in [0.15, 0.2) is 18.4 Å². The van der Waals surface area contributed by atoms with Crippen molar-refractivity contribution in [2.24, 2.45) is 0 Å². The average molecular weight is 754 g/mol. The zero-order chi connectivity index (χ0) is 38.6. The first-order chi connectivity index (χ1) is 23.0. The van der Waals surface area contributed by atoms with Gasteiger partial charge in [-0.15, -0.1) is 0 Å². The molecule has 0 radical (unpaired) electrons. The average Bonchev–Trinajstić information content (AvgIpc) is 2.96. The smallest absolute Gasteiger partial charge is 0.462 e. The lowest BCUT2D eigenvalue weighted by Crippen LogP contribution is -2.70. The van der Waals surface area contributed by atoms with E-state index in [4.69, 9.17) is 32.9 Å². The number of hydrogen-bond acceptors (Lipinski definition) is 17. The van der Waals surface area contributed by atoms with Gasteiger partial charge in [-0.1, -0.05) is 6.92 Å². The molecule has 1 rings (SSSR count). The molecule has 1 fully saturated rings. The van der Waals surface area contributed by atoms with Gasteiger partial charge in [0.1, 0.15) is 18.8 Å². The fraction of sp³-hybridized carbons (Fsp3) is 0.731. The van der Waals surface area contributed by atoms with Gasteiger partial charge in [0.25, 0.3) is 5.79 Å². The number of carbonyl (C=O) groups excluding carboxylic acids is 7. The Morgan fingerprint density at radius 2 is 1.58 bits per heavy atom. The normalized spacial score (nSPS) is 23.5. The summed E-state index contributed by atoms with van der Waals surface area (Å²) in [7, 11) is -4.62. The summed E-state index contributed by atoms with van der Waals surface area (Å²) in [4.78, 5) is 96.8. The first-order valence-electron chi connectivity index (χ1n) is 14.5. The molecule has 1 saturated heterocycles. The Hall–Kier alpha value is -3.89. The van der Waals surface area contributed by atoms with E-state index in [2.05, 4.69) is 15.2 Å². The highest BCUT2D eigenvalue weighted by Crippen LogP contribution is 2.51. The Kier molecular flexibility index (Phi) is 16.7. The lowest BCUT2D eigenvalue weighted by molar-refractivity contribution is -0.295. The van der Waals surface area contributed by atoms with Gasteiger partial charge in [-0.25, -0.2) is 13.9 Å². The van der Waals surface area contributed by atoms with E-state index in [-0.39, 0.29) is 6.54 Å². The van der Waals surface area contributed by atoms with Crippen molar-refractivity contribution in [3.63, 3.8) is 0 Å². The molecule has 1 aliphatic heterocycles. The standard InChI is InChI=1S/C26H39F3N3O17P/c1-8-30-12(2)44-24(39)25(49-50(40,41)42-7)9-17(45-14(4)34)20(32-19(37)10-31-23(38)26(27,28)29)22(48-25)21(47-16(6)36)18(46-15(5)35)11-43-13(3)33/h12,17-18,20-22,30H,8-11H2,1-7H3,(H,31,38)(H,32,37)(H,40,41)/t12?,17?,18-,20-,21+,22+,25-/m1/s1. The molecule has 20 nitrogen and oxygen atoms in total. The van der Waals surface area contributed by atoms with Crippen LogP contribution in [-0.2, 0) is 75.6 Å². The highest BCUT2D eigenvalue weighted by Gasteiger charge is 2.62. The summed E-state index contributed by atoms with van der Waals surface area (Å²) >= 11 is 0. The van der Waals surface area contributed by atoms with Crippen LogP contribution in [-0.4, -0.2) is 122 Å². The van der Waals surface area contributed by atoms with Crippen LogP contribution in [0.4, 0.5) is 13.2 Å². The molecule has 286 valence electrons. The van der Waals surface area contributed by atoms with Gasteiger partial charge < -0.3 is 43.9 Å². The number of amides is 2. The van der Waals surface area contributed by atoms with E-state index in [0.29, 0.717) is 7.11 Å². The van der Waals surface area contributed by atoms with Crippen molar-refractivity contribution in [1.29, 1.82) is 0 Å². The van der Waals surface area contributed by atoms with Gasteiger partial charge in [-0.2, -0.15) is 13.2 Å². The summed E-state index contributed by atoms with van der Waals surface area (Å²) in [6.07, 6.45) is -15.8. The monoisotopic (exact) mass is 753 g/mol. The minimum absolute atomic E-state index is 0.228. The summed E-state index contributed by atoms with van der Waals surface area (Å²) in [5, 5.41) is 6.13. The molecule has 24 heteroatoms. The van der Waals surface area contributed by atoms with Crippen molar-refractivity contribution >= 4 is 49.5 Å². The third-order valence-corrected chi connectivity index (χ3v) is 7.19. The van der Waals surface area contributed by atoms with Crippen LogP contribution in [0.3, 0.4) is 0 Å². The van der Waals surface area contributed by atoms with E-state index in [9.17, 15) is 56.2 Å². The lowest BCUT2D eigenvalue weighted by Gasteiger charge is -2.48. The summed E-state index contributed by atoms with van der Waals surface area (Å²) in [6, 6.07) is -1.94. The second kappa shape index (κ2) is 18.9. The van der Waals surface area contributed by atoms with E-state index in [1.165, 1.54) is 12.2 Å². The Bertz CT molecular complexity index is 1320. The molecule has 2 amide bonds. The summed E-state index contributed by atoms with van der Waals surface area (Å²) in [6.45, 7) is 4.42. The summed E-state index contributed by atoms with van der Waals surface area (Å²) < 4.78 is 92.5. The maximum Gasteiger partial charge on any atom is 0.474 e. The first kappa shape index (κ1) is 44.1.